The van der Waals surface area contributed by atoms with E-state index < -0.39 is 0 Å². The fourth-order valence-corrected chi connectivity index (χ4v) is 3.87. The molecular formula is C22H25N5O3S. The van der Waals surface area contributed by atoms with Crippen LogP contribution in [0.15, 0.2) is 47.6 Å². The van der Waals surface area contributed by atoms with E-state index in [9.17, 15) is 4.79 Å². The molecule has 31 heavy (non-hydrogen) atoms. The minimum atomic E-state index is -0.149. The highest BCUT2D eigenvalue weighted by Crippen LogP contribution is 2.32. The largest absolute Gasteiger partial charge is 0.490 e. The van der Waals surface area contributed by atoms with Crippen LogP contribution in [0.3, 0.4) is 0 Å². The maximum atomic E-state index is 12.5. The molecule has 0 fully saturated rings. The zero-order valence-corrected chi connectivity index (χ0v) is 18.2. The van der Waals surface area contributed by atoms with E-state index in [0.29, 0.717) is 35.6 Å². The molecule has 9 heteroatoms. The average molecular weight is 440 g/mol. The number of unbranched alkanes of at least 4 members (excludes halogenated alkanes) is 1. The Hall–Kier alpha value is -3.07. The number of aromatic nitrogens is 4. The van der Waals surface area contributed by atoms with Gasteiger partial charge < -0.3 is 14.8 Å². The van der Waals surface area contributed by atoms with Crippen molar-refractivity contribution in [3.63, 3.8) is 0 Å². The smallest absolute Gasteiger partial charge is 0.234 e. The topological polar surface area (TPSA) is 91.2 Å². The molecule has 1 N–H and O–H groups in total. The van der Waals surface area contributed by atoms with Crippen LogP contribution in [0.5, 0.6) is 11.5 Å². The number of nitrogens with zero attached hydrogens (tertiary/aromatic N) is 4. The summed E-state index contributed by atoms with van der Waals surface area (Å²) in [7, 11) is 0. The first-order valence-corrected chi connectivity index (χ1v) is 11.4. The number of benzene rings is 2. The van der Waals surface area contributed by atoms with E-state index in [2.05, 4.69) is 39.9 Å². The zero-order valence-electron chi connectivity index (χ0n) is 17.4. The maximum absolute atomic E-state index is 12.5. The third-order valence-corrected chi connectivity index (χ3v) is 5.72. The SMILES string of the molecule is CCCCc1ccc(-n2nnnc2SCC(=O)Nc2ccc3c(c2)OCCCO3)cc1. The van der Waals surface area contributed by atoms with E-state index in [4.69, 9.17) is 9.47 Å². The lowest BCUT2D eigenvalue weighted by atomic mass is 10.1. The van der Waals surface area contributed by atoms with Crippen molar-refractivity contribution >= 4 is 23.4 Å². The second-order valence-electron chi connectivity index (χ2n) is 7.19. The highest BCUT2D eigenvalue weighted by molar-refractivity contribution is 7.99. The molecule has 2 heterocycles. The standard InChI is InChI=1S/C22H25N5O3S/c1-2-3-5-16-6-9-18(10-7-16)27-22(24-25-26-27)31-15-21(28)23-17-8-11-19-20(14-17)30-13-4-12-29-19/h6-11,14H,2-5,12-13,15H2,1H3,(H,23,28). The fourth-order valence-electron chi connectivity index (χ4n) is 3.18. The number of ether oxygens (including phenoxy) is 2. The molecule has 0 unspecified atom stereocenters. The Morgan fingerprint density at radius 3 is 2.74 bits per heavy atom. The molecule has 3 aromatic rings. The van der Waals surface area contributed by atoms with Gasteiger partial charge in [-0.3, -0.25) is 4.79 Å². The quantitative estimate of drug-likeness (QED) is 0.532. The van der Waals surface area contributed by atoms with E-state index in [0.717, 1.165) is 18.5 Å². The summed E-state index contributed by atoms with van der Waals surface area (Å²) in [5.41, 5.74) is 2.83. The number of thioether (sulfide) groups is 1. The number of fused-ring (bicyclic) bond motifs is 1. The first-order valence-electron chi connectivity index (χ1n) is 10.4. The monoisotopic (exact) mass is 439 g/mol. The van der Waals surface area contributed by atoms with Crippen molar-refractivity contribution in [1.29, 1.82) is 0 Å². The summed E-state index contributed by atoms with van der Waals surface area (Å²) in [6, 6.07) is 13.6. The minimum Gasteiger partial charge on any atom is -0.490 e. The number of amides is 1. The lowest BCUT2D eigenvalue weighted by molar-refractivity contribution is -0.113. The Labute approximate surface area is 185 Å². The van der Waals surface area contributed by atoms with Crippen LogP contribution in [0.25, 0.3) is 5.69 Å². The van der Waals surface area contributed by atoms with Crippen molar-refractivity contribution in [3.05, 3.63) is 48.0 Å². The predicted octanol–water partition coefficient (Wildman–Crippen LogP) is 3.90. The van der Waals surface area contributed by atoms with E-state index in [-0.39, 0.29) is 11.7 Å². The summed E-state index contributed by atoms with van der Waals surface area (Å²) in [4.78, 5) is 12.5. The van der Waals surface area contributed by atoms with E-state index in [1.54, 1.807) is 16.8 Å². The number of rotatable bonds is 8. The van der Waals surface area contributed by atoms with Gasteiger partial charge in [0.15, 0.2) is 11.5 Å². The van der Waals surface area contributed by atoms with Gasteiger partial charge in [-0.15, -0.1) is 5.10 Å². The number of tetrazole rings is 1. The first kappa shape index (κ1) is 21.2. The second kappa shape index (κ2) is 10.3. The van der Waals surface area contributed by atoms with Crippen molar-refractivity contribution in [2.24, 2.45) is 0 Å². The molecular weight excluding hydrogens is 414 g/mol. The Morgan fingerprint density at radius 1 is 1.13 bits per heavy atom. The number of hydrogen-bond donors (Lipinski definition) is 1. The maximum Gasteiger partial charge on any atom is 0.234 e. The van der Waals surface area contributed by atoms with Gasteiger partial charge in [0.25, 0.3) is 0 Å². The summed E-state index contributed by atoms with van der Waals surface area (Å²) in [6.45, 7) is 3.41. The van der Waals surface area contributed by atoms with Gasteiger partial charge in [0.1, 0.15) is 0 Å². The van der Waals surface area contributed by atoms with E-state index in [1.165, 1.54) is 30.2 Å². The fraction of sp³-hybridized carbons (Fsp3) is 0.364. The van der Waals surface area contributed by atoms with Crippen LogP contribution in [0, 0.1) is 0 Å². The molecule has 0 radical (unpaired) electrons. The Morgan fingerprint density at radius 2 is 1.94 bits per heavy atom. The van der Waals surface area contributed by atoms with Gasteiger partial charge in [-0.1, -0.05) is 37.2 Å². The van der Waals surface area contributed by atoms with Crippen molar-refractivity contribution < 1.29 is 14.3 Å². The van der Waals surface area contributed by atoms with Crippen LogP contribution in [0.4, 0.5) is 5.69 Å². The Bertz CT molecular complexity index is 1020. The molecule has 0 saturated heterocycles. The molecule has 0 atom stereocenters. The molecule has 1 aliphatic rings. The van der Waals surface area contributed by atoms with Crippen LogP contribution in [0.1, 0.15) is 31.7 Å². The summed E-state index contributed by atoms with van der Waals surface area (Å²) in [6.07, 6.45) is 4.24. The molecule has 0 bridgehead atoms. The van der Waals surface area contributed by atoms with Gasteiger partial charge in [0.05, 0.1) is 24.7 Å². The second-order valence-corrected chi connectivity index (χ2v) is 8.13. The Balaban J connectivity index is 1.35. The number of carbonyl (C=O) groups excluding carboxylic acids is 1. The number of aryl methyl sites for hydroxylation is 1. The van der Waals surface area contributed by atoms with Gasteiger partial charge in [0.2, 0.25) is 11.1 Å². The molecule has 1 amide bonds. The third-order valence-electron chi connectivity index (χ3n) is 4.80. The summed E-state index contributed by atoms with van der Waals surface area (Å²) < 4.78 is 12.9. The number of nitrogens with one attached hydrogen (secondary N) is 1. The van der Waals surface area contributed by atoms with Crippen molar-refractivity contribution in [2.75, 3.05) is 24.3 Å². The molecule has 0 aliphatic carbocycles. The van der Waals surface area contributed by atoms with Crippen LogP contribution in [-0.4, -0.2) is 45.1 Å². The molecule has 2 aromatic carbocycles. The highest BCUT2D eigenvalue weighted by Gasteiger charge is 2.14. The average Bonchev–Trinajstić information content (AvgIpc) is 3.14. The summed E-state index contributed by atoms with van der Waals surface area (Å²) in [5, 5.41) is 15.4. The molecule has 162 valence electrons. The molecule has 1 aromatic heterocycles. The van der Waals surface area contributed by atoms with Gasteiger partial charge in [-0.05, 0) is 53.1 Å². The van der Waals surface area contributed by atoms with Crippen molar-refractivity contribution in [1.82, 2.24) is 20.2 Å². The molecule has 8 nitrogen and oxygen atoms in total. The lowest BCUT2D eigenvalue weighted by Crippen LogP contribution is -2.14. The van der Waals surface area contributed by atoms with Crippen molar-refractivity contribution in [3.8, 4) is 17.2 Å². The van der Waals surface area contributed by atoms with Gasteiger partial charge in [0, 0.05) is 18.2 Å². The molecule has 1 aliphatic heterocycles. The van der Waals surface area contributed by atoms with Crippen LogP contribution in [-0.2, 0) is 11.2 Å². The predicted molar refractivity (Wildman–Crippen MR) is 119 cm³/mol. The minimum absolute atomic E-state index is 0.149. The van der Waals surface area contributed by atoms with E-state index >= 15 is 0 Å². The van der Waals surface area contributed by atoms with Gasteiger partial charge >= 0.3 is 0 Å². The van der Waals surface area contributed by atoms with Crippen LogP contribution >= 0.6 is 11.8 Å². The summed E-state index contributed by atoms with van der Waals surface area (Å²) in [5.74, 6) is 1.38. The number of hydrogen-bond acceptors (Lipinski definition) is 7. The normalized spacial score (nSPS) is 12.9. The van der Waals surface area contributed by atoms with Gasteiger partial charge in [-0.25, -0.2) is 0 Å². The zero-order chi connectivity index (χ0) is 21.5. The number of carbonyl (C=O) groups is 1. The molecule has 0 spiro atoms. The first-order chi connectivity index (χ1) is 15.2. The Kier molecular flexibility index (Phi) is 7.03. The third kappa shape index (κ3) is 5.55. The van der Waals surface area contributed by atoms with Crippen molar-refractivity contribution in [2.45, 2.75) is 37.8 Å². The van der Waals surface area contributed by atoms with Crippen LogP contribution < -0.4 is 14.8 Å². The molecule has 0 saturated carbocycles. The van der Waals surface area contributed by atoms with Gasteiger partial charge in [-0.2, -0.15) is 4.68 Å². The summed E-state index contributed by atoms with van der Waals surface area (Å²) >= 11 is 1.28. The number of anilines is 1. The molecule has 4 rings (SSSR count). The van der Waals surface area contributed by atoms with E-state index in [1.807, 2.05) is 18.2 Å². The van der Waals surface area contributed by atoms with Crippen LogP contribution in [0.2, 0.25) is 0 Å². The highest BCUT2D eigenvalue weighted by atomic mass is 32.2. The lowest BCUT2D eigenvalue weighted by Gasteiger charge is -2.10.